The second kappa shape index (κ2) is 8.85. The second-order valence-corrected chi connectivity index (χ2v) is 6.61. The fourth-order valence-corrected chi connectivity index (χ4v) is 3.25. The fraction of sp³-hybridized carbons (Fsp3) is 0.211. The van der Waals surface area contributed by atoms with Gasteiger partial charge in [-0.05, 0) is 54.5 Å². The van der Waals surface area contributed by atoms with Crippen LogP contribution in [0, 0.1) is 0 Å². The Morgan fingerprint density at radius 1 is 0.958 bits per heavy atom. The van der Waals surface area contributed by atoms with Gasteiger partial charge in [-0.2, -0.15) is 0 Å². The van der Waals surface area contributed by atoms with Gasteiger partial charge < -0.3 is 9.47 Å². The summed E-state index contributed by atoms with van der Waals surface area (Å²) >= 11 is 3.20. The van der Waals surface area contributed by atoms with Crippen molar-refractivity contribution in [2.45, 2.75) is 9.79 Å². The van der Waals surface area contributed by atoms with Gasteiger partial charge in [0, 0.05) is 15.4 Å². The number of benzene rings is 2. The average Bonchev–Trinajstić information content (AvgIpc) is 2.65. The molecule has 0 saturated heterocycles. The zero-order chi connectivity index (χ0) is 17.5. The van der Waals surface area contributed by atoms with Crippen LogP contribution >= 0.6 is 23.5 Å². The van der Waals surface area contributed by atoms with Gasteiger partial charge in [0.05, 0.1) is 14.2 Å². The molecule has 0 bridgehead atoms. The third kappa shape index (κ3) is 4.36. The summed E-state index contributed by atoms with van der Waals surface area (Å²) in [5.41, 5.74) is 1.61. The van der Waals surface area contributed by atoms with Crippen molar-refractivity contribution in [1.82, 2.24) is 0 Å². The van der Waals surface area contributed by atoms with Crippen molar-refractivity contribution in [3.8, 4) is 11.5 Å². The first kappa shape index (κ1) is 18.5. The standard InChI is InChI=1S/C19H20O3S2/c1-21-17-9-6-13(11-18(17)22-2)5-8-16(20)15-12-14(23-3)7-10-19(15)24-4/h5-12H,1-4H3. The molecular formula is C19H20O3S2. The minimum atomic E-state index is -0.00923. The van der Waals surface area contributed by atoms with E-state index in [1.807, 2.05) is 48.9 Å². The van der Waals surface area contributed by atoms with Crippen molar-refractivity contribution in [2.24, 2.45) is 0 Å². The average molecular weight is 361 g/mol. The highest BCUT2D eigenvalue weighted by molar-refractivity contribution is 7.99. The van der Waals surface area contributed by atoms with Gasteiger partial charge in [-0.15, -0.1) is 23.5 Å². The Balaban J connectivity index is 2.27. The first-order valence-corrected chi connectivity index (χ1v) is 9.74. The van der Waals surface area contributed by atoms with E-state index >= 15 is 0 Å². The summed E-state index contributed by atoms with van der Waals surface area (Å²) in [4.78, 5) is 14.6. The lowest BCUT2D eigenvalue weighted by molar-refractivity contribution is 0.104. The van der Waals surface area contributed by atoms with Crippen LogP contribution in [0.1, 0.15) is 15.9 Å². The van der Waals surface area contributed by atoms with Crippen molar-refractivity contribution in [1.29, 1.82) is 0 Å². The van der Waals surface area contributed by atoms with Crippen LogP contribution in [0.15, 0.2) is 52.3 Å². The van der Waals surface area contributed by atoms with Crippen molar-refractivity contribution < 1.29 is 14.3 Å². The number of carbonyl (C=O) groups is 1. The highest BCUT2D eigenvalue weighted by atomic mass is 32.2. The number of ether oxygens (including phenoxy) is 2. The Bertz CT molecular complexity index is 754. The van der Waals surface area contributed by atoms with Crippen LogP contribution in [0.3, 0.4) is 0 Å². The lowest BCUT2D eigenvalue weighted by Gasteiger charge is -2.08. The highest BCUT2D eigenvalue weighted by Crippen LogP contribution is 2.29. The number of carbonyl (C=O) groups excluding carboxylic acids is 1. The summed E-state index contributed by atoms with van der Waals surface area (Å²) in [6.45, 7) is 0. The van der Waals surface area contributed by atoms with Gasteiger partial charge in [0.1, 0.15) is 0 Å². The van der Waals surface area contributed by atoms with Gasteiger partial charge >= 0.3 is 0 Å². The van der Waals surface area contributed by atoms with Crippen LogP contribution in [0.4, 0.5) is 0 Å². The number of rotatable bonds is 7. The molecule has 2 aromatic rings. The Morgan fingerprint density at radius 2 is 1.71 bits per heavy atom. The minimum Gasteiger partial charge on any atom is -0.493 e. The van der Waals surface area contributed by atoms with Gasteiger partial charge in [-0.1, -0.05) is 12.1 Å². The van der Waals surface area contributed by atoms with Crippen molar-refractivity contribution in [3.05, 3.63) is 53.6 Å². The molecular weight excluding hydrogens is 340 g/mol. The smallest absolute Gasteiger partial charge is 0.187 e. The molecule has 24 heavy (non-hydrogen) atoms. The Hall–Kier alpha value is -1.85. The number of thioether (sulfide) groups is 2. The predicted molar refractivity (Wildman–Crippen MR) is 103 cm³/mol. The molecule has 0 heterocycles. The molecule has 5 heteroatoms. The predicted octanol–water partition coefficient (Wildman–Crippen LogP) is 5.04. The van der Waals surface area contributed by atoms with Gasteiger partial charge in [-0.3, -0.25) is 4.79 Å². The first-order valence-electron chi connectivity index (χ1n) is 7.29. The van der Waals surface area contributed by atoms with Gasteiger partial charge in [0.2, 0.25) is 0 Å². The van der Waals surface area contributed by atoms with Gasteiger partial charge in [0.25, 0.3) is 0 Å². The summed E-state index contributed by atoms with van der Waals surface area (Å²) < 4.78 is 10.5. The van der Waals surface area contributed by atoms with Crippen molar-refractivity contribution in [2.75, 3.05) is 26.7 Å². The van der Waals surface area contributed by atoms with Gasteiger partial charge in [-0.25, -0.2) is 0 Å². The van der Waals surface area contributed by atoms with E-state index in [1.165, 1.54) is 0 Å². The third-order valence-corrected chi connectivity index (χ3v) is 5.03. The molecule has 0 aliphatic heterocycles. The van der Waals surface area contributed by atoms with E-state index in [0.29, 0.717) is 11.5 Å². The van der Waals surface area contributed by atoms with E-state index in [1.54, 1.807) is 49.9 Å². The summed E-state index contributed by atoms with van der Waals surface area (Å²) in [5.74, 6) is 1.30. The maximum atomic E-state index is 12.6. The Labute approximate surface area is 151 Å². The summed E-state index contributed by atoms with van der Waals surface area (Å²) in [7, 11) is 3.19. The molecule has 0 amide bonds. The van der Waals surface area contributed by atoms with E-state index in [2.05, 4.69) is 0 Å². The van der Waals surface area contributed by atoms with Crippen LogP contribution in [0.2, 0.25) is 0 Å². The van der Waals surface area contributed by atoms with E-state index in [9.17, 15) is 4.79 Å². The molecule has 0 saturated carbocycles. The number of hydrogen-bond donors (Lipinski definition) is 0. The molecule has 0 aliphatic rings. The molecule has 3 nitrogen and oxygen atoms in total. The molecule has 2 aromatic carbocycles. The number of ketones is 1. The molecule has 0 atom stereocenters. The summed E-state index contributed by atoms with van der Waals surface area (Å²) in [5, 5.41) is 0. The first-order chi connectivity index (χ1) is 11.6. The summed E-state index contributed by atoms with van der Waals surface area (Å²) in [6.07, 6.45) is 7.37. The zero-order valence-corrected chi connectivity index (χ0v) is 15.8. The quantitative estimate of drug-likeness (QED) is 0.392. The third-order valence-electron chi connectivity index (χ3n) is 3.51. The summed E-state index contributed by atoms with van der Waals surface area (Å²) in [6, 6.07) is 11.5. The zero-order valence-electron chi connectivity index (χ0n) is 14.2. The molecule has 0 radical (unpaired) electrons. The maximum absolute atomic E-state index is 12.6. The molecule has 126 valence electrons. The lowest BCUT2D eigenvalue weighted by Crippen LogP contribution is -1.97. The van der Waals surface area contributed by atoms with Gasteiger partial charge in [0.15, 0.2) is 17.3 Å². The Kier molecular flexibility index (Phi) is 6.82. The highest BCUT2D eigenvalue weighted by Gasteiger charge is 2.10. The maximum Gasteiger partial charge on any atom is 0.187 e. The van der Waals surface area contributed by atoms with Crippen LogP contribution in [0.25, 0.3) is 6.08 Å². The van der Waals surface area contributed by atoms with Crippen LogP contribution < -0.4 is 9.47 Å². The van der Waals surface area contributed by atoms with Crippen molar-refractivity contribution >= 4 is 35.4 Å². The molecule has 0 spiro atoms. The lowest BCUT2D eigenvalue weighted by atomic mass is 10.1. The van der Waals surface area contributed by atoms with E-state index in [-0.39, 0.29) is 5.78 Å². The molecule has 0 unspecified atom stereocenters. The normalized spacial score (nSPS) is 10.8. The van der Waals surface area contributed by atoms with E-state index < -0.39 is 0 Å². The number of hydrogen-bond acceptors (Lipinski definition) is 5. The number of methoxy groups -OCH3 is 2. The second-order valence-electron chi connectivity index (χ2n) is 4.88. The molecule has 0 fully saturated rings. The van der Waals surface area contributed by atoms with E-state index in [0.717, 1.165) is 20.9 Å². The van der Waals surface area contributed by atoms with Crippen LogP contribution in [-0.2, 0) is 0 Å². The largest absolute Gasteiger partial charge is 0.493 e. The topological polar surface area (TPSA) is 35.5 Å². The van der Waals surface area contributed by atoms with Crippen molar-refractivity contribution in [3.63, 3.8) is 0 Å². The van der Waals surface area contributed by atoms with Crippen LogP contribution in [0.5, 0.6) is 11.5 Å². The van der Waals surface area contributed by atoms with E-state index in [4.69, 9.17) is 9.47 Å². The van der Waals surface area contributed by atoms with Crippen LogP contribution in [-0.4, -0.2) is 32.5 Å². The fourth-order valence-electron chi connectivity index (χ4n) is 2.22. The molecule has 0 N–H and O–H groups in total. The number of allylic oxidation sites excluding steroid dienone is 1. The molecule has 0 aromatic heterocycles. The Morgan fingerprint density at radius 3 is 2.33 bits per heavy atom. The molecule has 0 aliphatic carbocycles. The minimum absolute atomic E-state index is 0.00923. The molecule has 2 rings (SSSR count). The SMILES string of the molecule is COc1ccc(C=CC(=O)c2cc(SC)ccc2SC)cc1OC. The monoisotopic (exact) mass is 360 g/mol.